The van der Waals surface area contributed by atoms with Crippen LogP contribution in [-0.2, 0) is 0 Å². The second-order valence-electron chi connectivity index (χ2n) is 3.78. The normalized spacial score (nSPS) is 12.7. The maximum atomic E-state index is 5.81. The van der Waals surface area contributed by atoms with Crippen molar-refractivity contribution in [2.24, 2.45) is 5.73 Å². The van der Waals surface area contributed by atoms with Crippen LogP contribution in [0.2, 0.25) is 5.02 Å². The van der Waals surface area contributed by atoms with Crippen molar-refractivity contribution in [3.8, 4) is 0 Å². The molecule has 1 nitrogen and oxygen atoms in total. The van der Waals surface area contributed by atoms with Gasteiger partial charge in [0, 0.05) is 16.0 Å². The summed E-state index contributed by atoms with van der Waals surface area (Å²) in [5.74, 6) is 1.16. The first kappa shape index (κ1) is 12.9. The lowest BCUT2D eigenvalue weighted by Gasteiger charge is -2.04. The van der Waals surface area contributed by atoms with E-state index in [2.05, 4.69) is 19.1 Å². The Morgan fingerprint density at radius 3 is 2.53 bits per heavy atom. The molecule has 0 aromatic heterocycles. The minimum atomic E-state index is 0.338. The molecular weight excluding hydrogens is 226 g/mol. The number of benzene rings is 1. The van der Waals surface area contributed by atoms with Crippen molar-refractivity contribution in [1.29, 1.82) is 0 Å². The molecule has 1 unspecified atom stereocenters. The van der Waals surface area contributed by atoms with Crippen molar-refractivity contribution in [2.75, 3.05) is 5.75 Å². The number of hydrogen-bond donors (Lipinski definition) is 1. The second-order valence-corrected chi connectivity index (χ2v) is 5.38. The number of nitrogens with two attached hydrogens (primary N) is 1. The van der Waals surface area contributed by atoms with Gasteiger partial charge in [-0.25, -0.2) is 0 Å². The van der Waals surface area contributed by atoms with Gasteiger partial charge in [-0.2, -0.15) is 0 Å². The molecule has 0 aliphatic heterocycles. The third-order valence-corrected chi connectivity index (χ3v) is 3.49. The van der Waals surface area contributed by atoms with E-state index in [4.69, 9.17) is 17.3 Å². The molecule has 3 heteroatoms. The molecule has 15 heavy (non-hydrogen) atoms. The zero-order chi connectivity index (χ0) is 11.1. The Balaban J connectivity index is 2.12. The van der Waals surface area contributed by atoms with E-state index in [1.54, 1.807) is 0 Å². The molecule has 84 valence electrons. The largest absolute Gasteiger partial charge is 0.328 e. The average molecular weight is 244 g/mol. The Bertz CT molecular complexity index is 271. The molecular formula is C12H18ClNS. The Kier molecular flexibility index (Phi) is 6.15. The molecule has 1 aromatic carbocycles. The molecule has 0 saturated carbocycles. The fraction of sp³-hybridized carbons (Fsp3) is 0.500. The minimum absolute atomic E-state index is 0.338. The van der Waals surface area contributed by atoms with E-state index in [1.165, 1.54) is 17.7 Å². The topological polar surface area (TPSA) is 26.0 Å². The fourth-order valence-corrected chi connectivity index (χ4v) is 2.33. The van der Waals surface area contributed by atoms with Crippen LogP contribution >= 0.6 is 23.4 Å². The number of halogens is 1. The quantitative estimate of drug-likeness (QED) is 0.605. The highest BCUT2D eigenvalue weighted by Crippen LogP contribution is 2.21. The summed E-state index contributed by atoms with van der Waals surface area (Å²) < 4.78 is 0. The summed E-state index contributed by atoms with van der Waals surface area (Å²) >= 11 is 7.69. The molecule has 0 spiro atoms. The van der Waals surface area contributed by atoms with Gasteiger partial charge >= 0.3 is 0 Å². The Hall–Kier alpha value is -0.180. The van der Waals surface area contributed by atoms with E-state index in [9.17, 15) is 0 Å². The van der Waals surface area contributed by atoms with Gasteiger partial charge in [0.05, 0.1) is 0 Å². The predicted octanol–water partition coefficient (Wildman–Crippen LogP) is 3.95. The summed E-state index contributed by atoms with van der Waals surface area (Å²) in [6.45, 7) is 2.06. The molecule has 2 N–H and O–H groups in total. The molecule has 0 aliphatic carbocycles. The van der Waals surface area contributed by atoms with Crippen molar-refractivity contribution >= 4 is 23.4 Å². The first-order chi connectivity index (χ1) is 7.18. The zero-order valence-electron chi connectivity index (χ0n) is 9.08. The van der Waals surface area contributed by atoms with Crippen molar-refractivity contribution in [2.45, 2.75) is 37.1 Å². The smallest absolute Gasteiger partial charge is 0.0406 e. The van der Waals surface area contributed by atoms with Gasteiger partial charge < -0.3 is 5.73 Å². The number of thioether (sulfide) groups is 1. The summed E-state index contributed by atoms with van der Waals surface area (Å²) in [6.07, 6.45) is 3.58. The summed E-state index contributed by atoms with van der Waals surface area (Å²) in [4.78, 5) is 1.29. The van der Waals surface area contributed by atoms with Crippen LogP contribution in [-0.4, -0.2) is 11.8 Å². The van der Waals surface area contributed by atoms with E-state index in [1.807, 2.05) is 23.9 Å². The number of hydrogen-bond acceptors (Lipinski definition) is 2. The number of unbranched alkanes of at least 4 members (excludes halogenated alkanes) is 1. The third kappa shape index (κ3) is 6.08. The molecule has 0 heterocycles. The van der Waals surface area contributed by atoms with Gasteiger partial charge in [-0.05, 0) is 49.8 Å². The van der Waals surface area contributed by atoms with Crippen molar-refractivity contribution in [1.82, 2.24) is 0 Å². The van der Waals surface area contributed by atoms with Crippen LogP contribution < -0.4 is 5.73 Å². The zero-order valence-corrected chi connectivity index (χ0v) is 10.7. The Morgan fingerprint density at radius 2 is 1.93 bits per heavy atom. The molecule has 0 amide bonds. The Labute approximate surface area is 101 Å². The molecule has 1 atom stereocenters. The van der Waals surface area contributed by atoms with Crippen LogP contribution in [0.4, 0.5) is 0 Å². The average Bonchev–Trinajstić information content (AvgIpc) is 2.20. The molecule has 0 radical (unpaired) electrons. The molecule has 1 aromatic rings. The van der Waals surface area contributed by atoms with Gasteiger partial charge in [0.1, 0.15) is 0 Å². The maximum Gasteiger partial charge on any atom is 0.0406 e. The molecule has 0 aliphatic rings. The summed E-state index contributed by atoms with van der Waals surface area (Å²) in [7, 11) is 0. The fourth-order valence-electron chi connectivity index (χ4n) is 1.29. The van der Waals surface area contributed by atoms with Crippen molar-refractivity contribution in [3.05, 3.63) is 29.3 Å². The van der Waals surface area contributed by atoms with Gasteiger partial charge in [0.15, 0.2) is 0 Å². The van der Waals surface area contributed by atoms with Crippen LogP contribution in [0, 0.1) is 0 Å². The molecule has 0 bridgehead atoms. The standard InChI is InChI=1S/C12H18ClNS/c1-10(14)4-2-3-9-15-12-7-5-11(13)6-8-12/h5-8,10H,2-4,9,14H2,1H3. The maximum absolute atomic E-state index is 5.81. The first-order valence-corrected chi connectivity index (χ1v) is 6.69. The highest BCUT2D eigenvalue weighted by molar-refractivity contribution is 7.99. The predicted molar refractivity (Wildman–Crippen MR) is 69.7 cm³/mol. The van der Waals surface area contributed by atoms with Crippen LogP contribution in [0.5, 0.6) is 0 Å². The van der Waals surface area contributed by atoms with Gasteiger partial charge in [-0.15, -0.1) is 11.8 Å². The van der Waals surface area contributed by atoms with Crippen molar-refractivity contribution < 1.29 is 0 Å². The van der Waals surface area contributed by atoms with Gasteiger partial charge in [-0.1, -0.05) is 18.0 Å². The van der Waals surface area contributed by atoms with Gasteiger partial charge in [0.2, 0.25) is 0 Å². The number of rotatable bonds is 6. The highest BCUT2D eigenvalue weighted by Gasteiger charge is 1.96. The van der Waals surface area contributed by atoms with Gasteiger partial charge in [-0.3, -0.25) is 0 Å². The lowest BCUT2D eigenvalue weighted by Crippen LogP contribution is -2.13. The summed E-state index contributed by atoms with van der Waals surface area (Å²) in [5.41, 5.74) is 5.68. The van der Waals surface area contributed by atoms with Gasteiger partial charge in [0.25, 0.3) is 0 Å². The molecule has 0 saturated heterocycles. The summed E-state index contributed by atoms with van der Waals surface area (Å²) in [6, 6.07) is 8.35. The first-order valence-electron chi connectivity index (χ1n) is 5.32. The third-order valence-electron chi connectivity index (χ3n) is 2.14. The van der Waals surface area contributed by atoms with E-state index in [-0.39, 0.29) is 0 Å². The van der Waals surface area contributed by atoms with E-state index in [0.29, 0.717) is 6.04 Å². The monoisotopic (exact) mass is 243 g/mol. The summed E-state index contributed by atoms with van der Waals surface area (Å²) in [5, 5.41) is 0.802. The highest BCUT2D eigenvalue weighted by atomic mass is 35.5. The molecule has 0 fully saturated rings. The van der Waals surface area contributed by atoms with E-state index in [0.717, 1.165) is 17.2 Å². The minimum Gasteiger partial charge on any atom is -0.328 e. The lowest BCUT2D eigenvalue weighted by molar-refractivity contribution is 0.618. The van der Waals surface area contributed by atoms with Crippen molar-refractivity contribution in [3.63, 3.8) is 0 Å². The van der Waals surface area contributed by atoms with Crippen LogP contribution in [0.1, 0.15) is 26.2 Å². The van der Waals surface area contributed by atoms with Crippen LogP contribution in [0.15, 0.2) is 29.2 Å². The second kappa shape index (κ2) is 7.15. The van der Waals surface area contributed by atoms with E-state index >= 15 is 0 Å². The lowest BCUT2D eigenvalue weighted by atomic mass is 10.2. The van der Waals surface area contributed by atoms with Crippen LogP contribution in [0.3, 0.4) is 0 Å². The van der Waals surface area contributed by atoms with Crippen LogP contribution in [0.25, 0.3) is 0 Å². The Morgan fingerprint density at radius 1 is 1.27 bits per heavy atom. The SMILES string of the molecule is CC(N)CCCCSc1ccc(Cl)cc1. The van der Waals surface area contributed by atoms with E-state index < -0.39 is 0 Å². The molecule has 1 rings (SSSR count).